The van der Waals surface area contributed by atoms with Crippen LogP contribution in [0.4, 0.5) is 0 Å². The maximum Gasteiger partial charge on any atom is 0.106 e. The van der Waals surface area contributed by atoms with Crippen LogP contribution in [0.25, 0.3) is 0 Å². The van der Waals surface area contributed by atoms with E-state index in [1.54, 1.807) is 0 Å². The van der Waals surface area contributed by atoms with Crippen LogP contribution in [-0.4, -0.2) is 14.7 Å². The standard InChI is InChI=1S/C17H22N2O/c1-12(17(20)14-8-4-3-5-9-14)19-13(2)18-15-10-6-7-11-16(15)19/h3-5,8-9,12,17,20H,6-7,10-11H2,1-2H3. The van der Waals surface area contributed by atoms with Gasteiger partial charge < -0.3 is 9.67 Å². The van der Waals surface area contributed by atoms with E-state index in [0.717, 1.165) is 24.2 Å². The van der Waals surface area contributed by atoms with Crippen molar-refractivity contribution < 1.29 is 5.11 Å². The molecule has 0 aliphatic heterocycles. The number of nitrogens with zero attached hydrogens (tertiary/aromatic N) is 2. The van der Waals surface area contributed by atoms with Crippen molar-refractivity contribution in [3.63, 3.8) is 0 Å². The Bertz CT molecular complexity index is 589. The average Bonchev–Trinajstić information content (AvgIpc) is 2.82. The molecular weight excluding hydrogens is 248 g/mol. The van der Waals surface area contributed by atoms with E-state index in [1.165, 1.54) is 24.2 Å². The van der Waals surface area contributed by atoms with E-state index in [9.17, 15) is 5.11 Å². The van der Waals surface area contributed by atoms with Crippen molar-refractivity contribution in [3.05, 3.63) is 53.1 Å². The summed E-state index contributed by atoms with van der Waals surface area (Å²) in [5, 5.41) is 10.6. The van der Waals surface area contributed by atoms with Crippen LogP contribution in [0.5, 0.6) is 0 Å². The molecule has 0 radical (unpaired) electrons. The summed E-state index contributed by atoms with van der Waals surface area (Å²) in [6, 6.07) is 9.92. The summed E-state index contributed by atoms with van der Waals surface area (Å²) in [5.74, 6) is 1.03. The number of hydrogen-bond donors (Lipinski definition) is 1. The van der Waals surface area contributed by atoms with Gasteiger partial charge in [0.15, 0.2) is 0 Å². The molecule has 2 aromatic rings. The molecule has 20 heavy (non-hydrogen) atoms. The third-order valence-electron chi connectivity index (χ3n) is 4.35. The van der Waals surface area contributed by atoms with Crippen LogP contribution in [0, 0.1) is 6.92 Å². The van der Waals surface area contributed by atoms with Crippen molar-refractivity contribution in [2.24, 2.45) is 0 Å². The Kier molecular flexibility index (Phi) is 3.62. The smallest absolute Gasteiger partial charge is 0.106 e. The molecule has 1 N–H and O–H groups in total. The van der Waals surface area contributed by atoms with Crippen LogP contribution in [-0.2, 0) is 12.8 Å². The predicted octanol–water partition coefficient (Wildman–Crippen LogP) is 3.36. The number of rotatable bonds is 3. The maximum absolute atomic E-state index is 10.6. The summed E-state index contributed by atoms with van der Waals surface area (Å²) in [6.07, 6.45) is 4.14. The Labute approximate surface area is 120 Å². The number of aryl methyl sites for hydroxylation is 2. The Hall–Kier alpha value is -1.61. The van der Waals surface area contributed by atoms with Gasteiger partial charge in [0.25, 0.3) is 0 Å². The first-order chi connectivity index (χ1) is 9.68. The second-order valence-corrected chi connectivity index (χ2v) is 5.73. The SMILES string of the molecule is Cc1nc2c(n1C(C)C(O)c1ccccc1)CCCC2. The molecule has 1 heterocycles. The lowest BCUT2D eigenvalue weighted by Gasteiger charge is -2.25. The highest BCUT2D eigenvalue weighted by Crippen LogP contribution is 2.31. The van der Waals surface area contributed by atoms with Crippen molar-refractivity contribution in [2.75, 3.05) is 0 Å². The summed E-state index contributed by atoms with van der Waals surface area (Å²) in [5.41, 5.74) is 3.54. The fourth-order valence-corrected chi connectivity index (χ4v) is 3.31. The van der Waals surface area contributed by atoms with Gasteiger partial charge >= 0.3 is 0 Å². The topological polar surface area (TPSA) is 38.0 Å². The molecule has 1 aliphatic rings. The highest BCUT2D eigenvalue weighted by Gasteiger charge is 2.25. The van der Waals surface area contributed by atoms with E-state index < -0.39 is 6.10 Å². The zero-order valence-corrected chi connectivity index (χ0v) is 12.2. The summed E-state index contributed by atoms with van der Waals surface area (Å²) >= 11 is 0. The molecule has 1 aromatic carbocycles. The number of aromatic nitrogens is 2. The van der Waals surface area contributed by atoms with E-state index in [-0.39, 0.29) is 6.04 Å². The number of aliphatic hydroxyl groups is 1. The molecule has 0 amide bonds. The first kappa shape index (κ1) is 13.4. The molecule has 0 saturated heterocycles. The van der Waals surface area contributed by atoms with Crippen molar-refractivity contribution >= 4 is 0 Å². The van der Waals surface area contributed by atoms with E-state index in [1.807, 2.05) is 37.3 Å². The van der Waals surface area contributed by atoms with Gasteiger partial charge in [0, 0.05) is 5.69 Å². The van der Waals surface area contributed by atoms with Gasteiger partial charge in [-0.3, -0.25) is 0 Å². The molecule has 1 aliphatic carbocycles. The first-order valence-corrected chi connectivity index (χ1v) is 7.48. The van der Waals surface area contributed by atoms with Crippen LogP contribution >= 0.6 is 0 Å². The minimum absolute atomic E-state index is 0.0201. The van der Waals surface area contributed by atoms with Crippen LogP contribution in [0.15, 0.2) is 30.3 Å². The zero-order chi connectivity index (χ0) is 14.1. The fraction of sp³-hybridized carbons (Fsp3) is 0.471. The number of hydrogen-bond acceptors (Lipinski definition) is 2. The molecule has 0 saturated carbocycles. The van der Waals surface area contributed by atoms with E-state index in [2.05, 4.69) is 11.5 Å². The van der Waals surface area contributed by atoms with Gasteiger partial charge in [-0.05, 0) is 45.1 Å². The molecular formula is C17H22N2O. The molecule has 2 atom stereocenters. The predicted molar refractivity (Wildman–Crippen MR) is 79.7 cm³/mol. The fourth-order valence-electron chi connectivity index (χ4n) is 3.31. The highest BCUT2D eigenvalue weighted by atomic mass is 16.3. The van der Waals surface area contributed by atoms with Crippen molar-refractivity contribution in [1.29, 1.82) is 0 Å². The van der Waals surface area contributed by atoms with Gasteiger partial charge in [0.05, 0.1) is 17.8 Å². The molecule has 3 nitrogen and oxygen atoms in total. The summed E-state index contributed by atoms with van der Waals surface area (Å²) in [6.45, 7) is 4.13. The first-order valence-electron chi connectivity index (χ1n) is 7.48. The second-order valence-electron chi connectivity index (χ2n) is 5.73. The number of fused-ring (bicyclic) bond motifs is 1. The van der Waals surface area contributed by atoms with Gasteiger partial charge in [-0.15, -0.1) is 0 Å². The van der Waals surface area contributed by atoms with Crippen molar-refractivity contribution in [1.82, 2.24) is 9.55 Å². The second kappa shape index (κ2) is 5.41. The molecule has 106 valence electrons. The van der Waals surface area contributed by atoms with Crippen LogP contribution < -0.4 is 0 Å². The maximum atomic E-state index is 10.6. The van der Waals surface area contributed by atoms with Gasteiger partial charge in [-0.2, -0.15) is 0 Å². The average molecular weight is 270 g/mol. The van der Waals surface area contributed by atoms with Gasteiger partial charge in [0.1, 0.15) is 5.82 Å². The number of benzene rings is 1. The Morgan fingerprint density at radius 2 is 1.85 bits per heavy atom. The van der Waals surface area contributed by atoms with Crippen molar-refractivity contribution in [3.8, 4) is 0 Å². The molecule has 3 heteroatoms. The van der Waals surface area contributed by atoms with Crippen molar-refractivity contribution in [2.45, 2.75) is 51.7 Å². The Morgan fingerprint density at radius 3 is 2.60 bits per heavy atom. The zero-order valence-electron chi connectivity index (χ0n) is 12.2. The molecule has 0 fully saturated rings. The minimum atomic E-state index is -0.491. The number of imidazole rings is 1. The minimum Gasteiger partial charge on any atom is -0.386 e. The summed E-state index contributed by atoms with van der Waals surface area (Å²) < 4.78 is 2.24. The van der Waals surface area contributed by atoms with Crippen LogP contribution in [0.3, 0.4) is 0 Å². The molecule has 2 unspecified atom stereocenters. The van der Waals surface area contributed by atoms with E-state index >= 15 is 0 Å². The molecule has 0 bridgehead atoms. The largest absolute Gasteiger partial charge is 0.386 e. The lowest BCUT2D eigenvalue weighted by atomic mass is 9.99. The van der Waals surface area contributed by atoms with E-state index in [4.69, 9.17) is 4.98 Å². The highest BCUT2D eigenvalue weighted by molar-refractivity contribution is 5.23. The summed E-state index contributed by atoms with van der Waals surface area (Å²) in [4.78, 5) is 4.70. The van der Waals surface area contributed by atoms with Gasteiger partial charge in [-0.1, -0.05) is 30.3 Å². The van der Waals surface area contributed by atoms with E-state index in [0.29, 0.717) is 0 Å². The molecule has 1 aromatic heterocycles. The van der Waals surface area contributed by atoms with Gasteiger partial charge in [0.2, 0.25) is 0 Å². The summed E-state index contributed by atoms with van der Waals surface area (Å²) in [7, 11) is 0. The Balaban J connectivity index is 1.94. The third-order valence-corrected chi connectivity index (χ3v) is 4.35. The van der Waals surface area contributed by atoms with Crippen LogP contribution in [0.1, 0.15) is 54.7 Å². The number of aliphatic hydroxyl groups excluding tert-OH is 1. The monoisotopic (exact) mass is 270 g/mol. The third kappa shape index (κ3) is 2.27. The quantitative estimate of drug-likeness (QED) is 0.928. The molecule has 3 rings (SSSR count). The normalized spacial score (nSPS) is 17.6. The molecule has 0 spiro atoms. The lowest BCUT2D eigenvalue weighted by molar-refractivity contribution is 0.119. The van der Waals surface area contributed by atoms with Gasteiger partial charge in [-0.25, -0.2) is 4.98 Å². The van der Waals surface area contributed by atoms with Crippen LogP contribution in [0.2, 0.25) is 0 Å². The Morgan fingerprint density at radius 1 is 1.15 bits per heavy atom. The lowest BCUT2D eigenvalue weighted by Crippen LogP contribution is -2.19.